The number of rotatable bonds is 7. The van der Waals surface area contributed by atoms with Crippen LogP contribution in [-0.4, -0.2) is 31.4 Å². The second-order valence-electron chi connectivity index (χ2n) is 7.07. The highest BCUT2D eigenvalue weighted by Gasteiger charge is 2.23. The second kappa shape index (κ2) is 8.99. The van der Waals surface area contributed by atoms with Crippen LogP contribution in [0.1, 0.15) is 51.5 Å². The quantitative estimate of drug-likeness (QED) is 0.725. The van der Waals surface area contributed by atoms with Crippen LogP contribution in [0.4, 0.5) is 4.79 Å². The van der Waals surface area contributed by atoms with Crippen molar-refractivity contribution in [2.24, 2.45) is 0 Å². The lowest BCUT2D eigenvalue weighted by Gasteiger charge is -2.18. The zero-order valence-corrected chi connectivity index (χ0v) is 16.7. The van der Waals surface area contributed by atoms with Gasteiger partial charge in [0.25, 0.3) is 5.56 Å². The Kier molecular flexibility index (Phi) is 6.44. The number of benzene rings is 1. The van der Waals surface area contributed by atoms with Gasteiger partial charge in [0, 0.05) is 18.0 Å². The smallest absolute Gasteiger partial charge is 0.412 e. The summed E-state index contributed by atoms with van der Waals surface area (Å²) in [7, 11) is 3.06. The minimum atomic E-state index is -0.527. The molecule has 0 radical (unpaired) electrons. The minimum absolute atomic E-state index is 0.110. The summed E-state index contributed by atoms with van der Waals surface area (Å²) < 4.78 is 18.0. The Balaban J connectivity index is 2.09. The fourth-order valence-corrected chi connectivity index (χ4v) is 3.69. The summed E-state index contributed by atoms with van der Waals surface area (Å²) in [5, 5.41) is 3.72. The molecular weight excluding hydrogens is 360 g/mol. The van der Waals surface area contributed by atoms with Crippen LogP contribution in [0.25, 0.3) is 10.8 Å². The van der Waals surface area contributed by atoms with E-state index in [1.54, 1.807) is 22.9 Å². The van der Waals surface area contributed by atoms with Crippen molar-refractivity contribution in [3.05, 3.63) is 28.7 Å². The van der Waals surface area contributed by atoms with Crippen molar-refractivity contribution >= 4 is 16.9 Å². The lowest BCUT2D eigenvalue weighted by molar-refractivity contribution is 0.200. The van der Waals surface area contributed by atoms with Crippen molar-refractivity contribution in [1.29, 1.82) is 0 Å². The van der Waals surface area contributed by atoms with Gasteiger partial charge in [-0.25, -0.2) is 4.79 Å². The van der Waals surface area contributed by atoms with E-state index >= 15 is 0 Å². The molecule has 152 valence electrons. The molecular formula is C21H28N2O5. The Labute approximate surface area is 164 Å². The van der Waals surface area contributed by atoms with E-state index in [9.17, 15) is 9.59 Å². The highest BCUT2D eigenvalue weighted by atomic mass is 16.6. The highest BCUT2D eigenvalue weighted by Crippen LogP contribution is 2.37. The number of ether oxygens (including phenoxy) is 3. The average Bonchev–Trinajstić information content (AvgIpc) is 3.23. The SMILES string of the molecule is CCCCNC(=O)Oc1cn(C2CCCC2)c(=O)c2cc(OC)c(OC)cc12. The summed E-state index contributed by atoms with van der Waals surface area (Å²) in [5.74, 6) is 1.29. The lowest BCUT2D eigenvalue weighted by atomic mass is 10.1. The van der Waals surface area contributed by atoms with Crippen molar-refractivity contribution in [3.8, 4) is 17.2 Å². The number of pyridine rings is 1. The number of carbonyl (C=O) groups excluding carboxylic acids is 1. The van der Waals surface area contributed by atoms with Gasteiger partial charge in [-0.15, -0.1) is 0 Å². The molecule has 7 heteroatoms. The van der Waals surface area contributed by atoms with Gasteiger partial charge >= 0.3 is 6.09 Å². The van der Waals surface area contributed by atoms with Crippen molar-refractivity contribution < 1.29 is 19.0 Å². The first-order valence-corrected chi connectivity index (χ1v) is 9.85. The molecule has 1 aliphatic rings. The number of carbonyl (C=O) groups is 1. The normalized spacial score (nSPS) is 14.2. The third-order valence-electron chi connectivity index (χ3n) is 5.23. The van der Waals surface area contributed by atoms with E-state index in [1.807, 2.05) is 0 Å². The van der Waals surface area contributed by atoms with Crippen LogP contribution in [0.2, 0.25) is 0 Å². The number of nitrogens with one attached hydrogen (secondary N) is 1. The first kappa shape index (κ1) is 20.0. The number of aromatic nitrogens is 1. The van der Waals surface area contributed by atoms with Crippen LogP contribution in [0.3, 0.4) is 0 Å². The molecule has 3 rings (SSSR count). The molecule has 7 nitrogen and oxygen atoms in total. The zero-order chi connectivity index (χ0) is 20.1. The number of nitrogens with zero attached hydrogens (tertiary/aromatic N) is 1. The van der Waals surface area contributed by atoms with Gasteiger partial charge in [-0.2, -0.15) is 0 Å². The Morgan fingerprint density at radius 3 is 2.36 bits per heavy atom. The van der Waals surface area contributed by atoms with E-state index in [0.717, 1.165) is 38.5 Å². The Morgan fingerprint density at radius 2 is 1.75 bits per heavy atom. The van der Waals surface area contributed by atoms with Crippen LogP contribution >= 0.6 is 0 Å². The van der Waals surface area contributed by atoms with E-state index in [1.165, 1.54) is 14.2 Å². The molecule has 1 aromatic heterocycles. The predicted molar refractivity (Wildman–Crippen MR) is 108 cm³/mol. The van der Waals surface area contributed by atoms with Crippen molar-refractivity contribution in [2.45, 2.75) is 51.5 Å². The maximum atomic E-state index is 13.1. The minimum Gasteiger partial charge on any atom is -0.493 e. The standard InChI is InChI=1S/C21H28N2O5/c1-4-5-10-22-21(25)28-19-13-23(14-8-6-7-9-14)20(24)16-12-18(27-3)17(26-2)11-15(16)19/h11-14H,4-10H2,1-3H3,(H,22,25). The largest absolute Gasteiger partial charge is 0.493 e. The Morgan fingerprint density at radius 1 is 1.11 bits per heavy atom. The fraction of sp³-hybridized carbons (Fsp3) is 0.524. The van der Waals surface area contributed by atoms with Gasteiger partial charge in [-0.1, -0.05) is 26.2 Å². The molecule has 0 spiro atoms. The summed E-state index contributed by atoms with van der Waals surface area (Å²) in [5.41, 5.74) is -0.110. The van der Waals surface area contributed by atoms with Gasteiger partial charge in [-0.05, 0) is 31.4 Å². The van der Waals surface area contributed by atoms with Crippen molar-refractivity contribution in [3.63, 3.8) is 0 Å². The van der Waals surface area contributed by atoms with Gasteiger partial charge in [-0.3, -0.25) is 4.79 Å². The summed E-state index contributed by atoms with van der Waals surface area (Å²) in [6.45, 7) is 2.60. The van der Waals surface area contributed by atoms with E-state index in [4.69, 9.17) is 14.2 Å². The topological polar surface area (TPSA) is 78.8 Å². The molecule has 1 aromatic carbocycles. The molecule has 1 fully saturated rings. The first-order valence-electron chi connectivity index (χ1n) is 9.85. The summed E-state index contributed by atoms with van der Waals surface area (Å²) in [6, 6.07) is 3.46. The summed E-state index contributed by atoms with van der Waals surface area (Å²) in [4.78, 5) is 25.4. The molecule has 0 saturated heterocycles. The summed E-state index contributed by atoms with van der Waals surface area (Å²) in [6.07, 6.45) is 7.06. The zero-order valence-electron chi connectivity index (χ0n) is 16.7. The van der Waals surface area contributed by atoms with Crippen LogP contribution in [0.15, 0.2) is 23.1 Å². The van der Waals surface area contributed by atoms with Gasteiger partial charge in [0.15, 0.2) is 17.2 Å². The second-order valence-corrected chi connectivity index (χ2v) is 7.07. The lowest BCUT2D eigenvalue weighted by Crippen LogP contribution is -2.29. The Bertz CT molecular complexity index is 900. The number of amides is 1. The molecule has 1 N–H and O–H groups in total. The van der Waals surface area contributed by atoms with Gasteiger partial charge in [0.2, 0.25) is 0 Å². The third-order valence-corrected chi connectivity index (χ3v) is 5.23. The number of methoxy groups -OCH3 is 2. The first-order chi connectivity index (χ1) is 13.6. The molecule has 0 unspecified atom stereocenters. The molecule has 1 aliphatic carbocycles. The van der Waals surface area contributed by atoms with Crippen LogP contribution in [0.5, 0.6) is 17.2 Å². The van der Waals surface area contributed by atoms with Crippen LogP contribution < -0.4 is 25.1 Å². The third kappa shape index (κ3) is 4.08. The van der Waals surface area contributed by atoms with Crippen LogP contribution in [-0.2, 0) is 0 Å². The van der Waals surface area contributed by atoms with Gasteiger partial charge < -0.3 is 24.1 Å². The van der Waals surface area contributed by atoms with Crippen molar-refractivity contribution in [1.82, 2.24) is 9.88 Å². The number of fused-ring (bicyclic) bond motifs is 1. The summed E-state index contributed by atoms with van der Waals surface area (Å²) >= 11 is 0. The fourth-order valence-electron chi connectivity index (χ4n) is 3.69. The maximum absolute atomic E-state index is 13.1. The molecule has 1 heterocycles. The predicted octanol–water partition coefficient (Wildman–Crippen LogP) is 4.02. The average molecular weight is 388 g/mol. The number of hydrogen-bond donors (Lipinski definition) is 1. The monoisotopic (exact) mass is 388 g/mol. The molecule has 0 bridgehead atoms. The maximum Gasteiger partial charge on any atom is 0.412 e. The molecule has 2 aromatic rings. The molecule has 1 saturated carbocycles. The van der Waals surface area contributed by atoms with Gasteiger partial charge in [0.1, 0.15) is 0 Å². The Hall–Kier alpha value is -2.70. The van der Waals surface area contributed by atoms with E-state index in [-0.39, 0.29) is 11.6 Å². The number of hydrogen-bond acceptors (Lipinski definition) is 5. The van der Waals surface area contributed by atoms with E-state index < -0.39 is 6.09 Å². The molecule has 0 aliphatic heterocycles. The highest BCUT2D eigenvalue weighted by molar-refractivity contribution is 5.92. The van der Waals surface area contributed by atoms with Crippen LogP contribution in [0, 0.1) is 0 Å². The van der Waals surface area contributed by atoms with Gasteiger partial charge in [0.05, 0.1) is 25.8 Å². The van der Waals surface area contributed by atoms with E-state index in [0.29, 0.717) is 34.6 Å². The molecule has 28 heavy (non-hydrogen) atoms. The molecule has 1 amide bonds. The molecule has 0 atom stereocenters. The van der Waals surface area contributed by atoms with E-state index in [2.05, 4.69) is 12.2 Å². The van der Waals surface area contributed by atoms with Crippen molar-refractivity contribution in [2.75, 3.05) is 20.8 Å². The number of unbranched alkanes of at least 4 members (excludes halogenated alkanes) is 1.